The Bertz CT molecular complexity index is 552. The van der Waals surface area contributed by atoms with Crippen LogP contribution < -0.4 is 15.5 Å². The molecular formula is C19H33N5. The zero-order chi connectivity index (χ0) is 17.7. The molecule has 0 amide bonds. The molecule has 1 aromatic carbocycles. The summed E-state index contributed by atoms with van der Waals surface area (Å²) in [5, 5.41) is 7.04. The minimum atomic E-state index is 0.451. The molecule has 1 fully saturated rings. The van der Waals surface area contributed by atoms with Crippen LogP contribution in [0.15, 0.2) is 29.3 Å². The van der Waals surface area contributed by atoms with Gasteiger partial charge in [0.1, 0.15) is 0 Å². The first-order valence-electron chi connectivity index (χ1n) is 8.88. The Morgan fingerprint density at radius 1 is 1.33 bits per heavy atom. The van der Waals surface area contributed by atoms with E-state index < -0.39 is 0 Å². The number of nitrogens with one attached hydrogen (secondary N) is 2. The highest BCUT2D eigenvalue weighted by molar-refractivity contribution is 5.80. The van der Waals surface area contributed by atoms with Crippen LogP contribution in [0.2, 0.25) is 0 Å². The largest absolute Gasteiger partial charge is 0.378 e. The van der Waals surface area contributed by atoms with Crippen molar-refractivity contribution in [1.82, 2.24) is 15.5 Å². The third-order valence-electron chi connectivity index (χ3n) is 4.80. The van der Waals surface area contributed by atoms with Crippen molar-refractivity contribution in [2.75, 3.05) is 39.1 Å². The molecule has 1 heterocycles. The molecule has 0 saturated carbocycles. The van der Waals surface area contributed by atoms with Crippen LogP contribution in [0.4, 0.5) is 5.69 Å². The third-order valence-corrected chi connectivity index (χ3v) is 4.80. The van der Waals surface area contributed by atoms with Crippen molar-refractivity contribution in [1.29, 1.82) is 0 Å². The second-order valence-corrected chi connectivity index (χ2v) is 7.27. The van der Waals surface area contributed by atoms with Crippen molar-refractivity contribution < 1.29 is 0 Å². The SMILES string of the molecule is CN=C(NCc1cccc(N(C)C)c1)NC1CN(C(C)C)CC1C. The fraction of sp³-hybridized carbons (Fsp3) is 0.632. The lowest BCUT2D eigenvalue weighted by atomic mass is 10.1. The molecule has 134 valence electrons. The average Bonchev–Trinajstić information content (AvgIpc) is 2.92. The van der Waals surface area contributed by atoms with Crippen LogP contribution in [0.3, 0.4) is 0 Å². The van der Waals surface area contributed by atoms with Crippen molar-refractivity contribution >= 4 is 11.6 Å². The number of anilines is 1. The summed E-state index contributed by atoms with van der Waals surface area (Å²) >= 11 is 0. The Morgan fingerprint density at radius 3 is 2.67 bits per heavy atom. The Balaban J connectivity index is 1.90. The summed E-state index contributed by atoms with van der Waals surface area (Å²) in [5.74, 6) is 1.51. The maximum absolute atomic E-state index is 4.39. The lowest BCUT2D eigenvalue weighted by molar-refractivity contribution is 0.265. The Kier molecular flexibility index (Phi) is 6.49. The minimum absolute atomic E-state index is 0.451. The maximum Gasteiger partial charge on any atom is 0.191 e. The summed E-state index contributed by atoms with van der Waals surface area (Å²) in [6.07, 6.45) is 0. The van der Waals surface area contributed by atoms with E-state index in [1.807, 2.05) is 7.05 Å². The van der Waals surface area contributed by atoms with Gasteiger partial charge in [0.2, 0.25) is 0 Å². The number of hydrogen-bond acceptors (Lipinski definition) is 3. The van der Waals surface area contributed by atoms with Gasteiger partial charge in [-0.1, -0.05) is 19.1 Å². The fourth-order valence-electron chi connectivity index (χ4n) is 3.11. The highest BCUT2D eigenvalue weighted by atomic mass is 15.3. The summed E-state index contributed by atoms with van der Waals surface area (Å²) in [4.78, 5) is 9.04. The molecule has 1 aromatic rings. The van der Waals surface area contributed by atoms with E-state index in [0.29, 0.717) is 18.0 Å². The van der Waals surface area contributed by atoms with Gasteiger partial charge in [-0.15, -0.1) is 0 Å². The smallest absolute Gasteiger partial charge is 0.191 e. The molecule has 2 unspecified atom stereocenters. The molecular weight excluding hydrogens is 298 g/mol. The predicted molar refractivity (Wildman–Crippen MR) is 104 cm³/mol. The molecule has 0 aromatic heterocycles. The van der Waals surface area contributed by atoms with Gasteiger partial charge in [-0.05, 0) is 37.5 Å². The van der Waals surface area contributed by atoms with Crippen molar-refractivity contribution in [2.45, 2.75) is 39.4 Å². The van der Waals surface area contributed by atoms with Crippen LogP contribution in [0.25, 0.3) is 0 Å². The standard InChI is InChI=1S/C19H33N5/c1-14(2)24-12-15(3)18(13-24)22-19(20-4)21-11-16-8-7-9-17(10-16)23(5)6/h7-10,14-15,18H,11-13H2,1-6H3,(H2,20,21,22). The lowest BCUT2D eigenvalue weighted by Crippen LogP contribution is -2.46. The Hall–Kier alpha value is -1.75. The summed E-state index contributed by atoms with van der Waals surface area (Å²) < 4.78 is 0. The number of rotatable bonds is 5. The number of guanidine groups is 1. The summed E-state index contributed by atoms with van der Waals surface area (Å²) in [7, 11) is 5.97. The van der Waals surface area contributed by atoms with E-state index in [1.54, 1.807) is 0 Å². The Labute approximate surface area is 147 Å². The first-order chi connectivity index (χ1) is 11.4. The van der Waals surface area contributed by atoms with Crippen LogP contribution in [0.1, 0.15) is 26.3 Å². The molecule has 24 heavy (non-hydrogen) atoms. The van der Waals surface area contributed by atoms with E-state index in [4.69, 9.17) is 0 Å². The predicted octanol–water partition coefficient (Wildman–Crippen LogP) is 2.15. The van der Waals surface area contributed by atoms with Crippen LogP contribution in [0.5, 0.6) is 0 Å². The highest BCUT2D eigenvalue weighted by Crippen LogP contribution is 2.18. The first kappa shape index (κ1) is 18.6. The summed E-state index contributed by atoms with van der Waals surface area (Å²) in [6.45, 7) is 9.84. The van der Waals surface area contributed by atoms with E-state index in [2.05, 4.69) is 84.6 Å². The minimum Gasteiger partial charge on any atom is -0.378 e. The molecule has 2 N–H and O–H groups in total. The van der Waals surface area contributed by atoms with Crippen LogP contribution in [-0.2, 0) is 6.54 Å². The third kappa shape index (κ3) is 4.87. The first-order valence-corrected chi connectivity index (χ1v) is 8.88. The molecule has 1 saturated heterocycles. The highest BCUT2D eigenvalue weighted by Gasteiger charge is 2.31. The van der Waals surface area contributed by atoms with E-state index in [-0.39, 0.29) is 0 Å². The second-order valence-electron chi connectivity index (χ2n) is 7.27. The van der Waals surface area contributed by atoms with Gasteiger partial charge in [-0.25, -0.2) is 0 Å². The van der Waals surface area contributed by atoms with Crippen LogP contribution in [0, 0.1) is 5.92 Å². The van der Waals surface area contributed by atoms with Crippen LogP contribution in [-0.4, -0.2) is 57.2 Å². The van der Waals surface area contributed by atoms with E-state index in [9.17, 15) is 0 Å². The van der Waals surface area contributed by atoms with Crippen molar-refractivity contribution in [3.8, 4) is 0 Å². The lowest BCUT2D eigenvalue weighted by Gasteiger charge is -2.22. The van der Waals surface area contributed by atoms with E-state index in [1.165, 1.54) is 11.3 Å². The summed E-state index contributed by atoms with van der Waals surface area (Å²) in [6, 6.07) is 9.62. The molecule has 2 rings (SSSR count). The maximum atomic E-state index is 4.39. The van der Waals surface area contributed by atoms with Crippen LogP contribution >= 0.6 is 0 Å². The van der Waals surface area contributed by atoms with Gasteiger partial charge in [-0.3, -0.25) is 9.89 Å². The molecule has 1 aliphatic rings. The fourth-order valence-corrected chi connectivity index (χ4v) is 3.11. The molecule has 0 spiro atoms. The zero-order valence-electron chi connectivity index (χ0n) is 16.0. The molecule has 0 radical (unpaired) electrons. The number of aliphatic imine (C=N–C) groups is 1. The molecule has 0 aliphatic carbocycles. The van der Waals surface area contributed by atoms with Gasteiger partial charge < -0.3 is 15.5 Å². The van der Waals surface area contributed by atoms with Gasteiger partial charge in [0.15, 0.2) is 5.96 Å². The Morgan fingerprint density at radius 2 is 2.08 bits per heavy atom. The number of nitrogens with zero attached hydrogens (tertiary/aromatic N) is 3. The second kappa shape index (κ2) is 8.38. The van der Waals surface area contributed by atoms with E-state index >= 15 is 0 Å². The van der Waals surface area contributed by atoms with Gasteiger partial charge in [0.05, 0.1) is 0 Å². The number of benzene rings is 1. The molecule has 5 heteroatoms. The monoisotopic (exact) mass is 331 g/mol. The topological polar surface area (TPSA) is 42.9 Å². The molecule has 0 bridgehead atoms. The zero-order valence-corrected chi connectivity index (χ0v) is 16.0. The summed E-state index contributed by atoms with van der Waals surface area (Å²) in [5.41, 5.74) is 2.47. The molecule has 2 atom stereocenters. The quantitative estimate of drug-likeness (QED) is 0.641. The van der Waals surface area contributed by atoms with Gasteiger partial charge in [0, 0.05) is 58.5 Å². The van der Waals surface area contributed by atoms with Gasteiger partial charge in [-0.2, -0.15) is 0 Å². The normalized spacial score (nSPS) is 22.0. The molecule has 5 nitrogen and oxygen atoms in total. The van der Waals surface area contributed by atoms with Gasteiger partial charge in [0.25, 0.3) is 0 Å². The number of hydrogen-bond donors (Lipinski definition) is 2. The van der Waals surface area contributed by atoms with Crippen molar-refractivity contribution in [2.24, 2.45) is 10.9 Å². The van der Waals surface area contributed by atoms with Crippen molar-refractivity contribution in [3.05, 3.63) is 29.8 Å². The average molecular weight is 332 g/mol. The molecule has 1 aliphatic heterocycles. The van der Waals surface area contributed by atoms with Gasteiger partial charge >= 0.3 is 0 Å². The van der Waals surface area contributed by atoms with Crippen molar-refractivity contribution in [3.63, 3.8) is 0 Å². The number of likely N-dealkylation sites (tertiary alicyclic amines) is 1. The van der Waals surface area contributed by atoms with E-state index in [0.717, 1.165) is 25.6 Å².